The standard InChI is InChI=1S/C23H36N4O3/c1-15(2)13-30-20-18(12-25-27(20)6-5-21(3,4)24)19(28)26-22-8-16-7-17(9-22)11-23(29,10-16)14-22/h5-6,12,15-17,29H,7-11,13-14,24H2,1-4H3,(H,26,28)/b6-5+. The number of carbonyl (C=O) groups is 1. The second-order valence-corrected chi connectivity index (χ2v) is 11.1. The number of hydrogen-bond donors (Lipinski definition) is 3. The molecule has 0 radical (unpaired) electrons. The minimum Gasteiger partial charge on any atom is -0.477 e. The van der Waals surface area contributed by atoms with Crippen LogP contribution in [-0.4, -0.2) is 44.1 Å². The number of nitrogens with two attached hydrogens (primary N) is 1. The van der Waals surface area contributed by atoms with E-state index < -0.39 is 11.1 Å². The van der Waals surface area contributed by atoms with Gasteiger partial charge in [-0.2, -0.15) is 5.10 Å². The molecular formula is C23H36N4O3. The maximum atomic E-state index is 13.3. The Hall–Kier alpha value is -1.86. The molecule has 1 aromatic heterocycles. The predicted molar refractivity (Wildman–Crippen MR) is 116 cm³/mol. The number of carbonyl (C=O) groups excluding carboxylic acids is 1. The van der Waals surface area contributed by atoms with Crippen LogP contribution >= 0.6 is 0 Å². The molecule has 0 saturated heterocycles. The van der Waals surface area contributed by atoms with Crippen molar-refractivity contribution in [1.82, 2.24) is 15.1 Å². The lowest BCUT2D eigenvalue weighted by Gasteiger charge is -2.60. The highest BCUT2D eigenvalue weighted by atomic mass is 16.5. The highest BCUT2D eigenvalue weighted by Gasteiger charge is 2.57. The van der Waals surface area contributed by atoms with Crippen molar-refractivity contribution in [3.63, 3.8) is 0 Å². The van der Waals surface area contributed by atoms with Gasteiger partial charge in [-0.05, 0) is 76.2 Å². The van der Waals surface area contributed by atoms with E-state index in [4.69, 9.17) is 10.5 Å². The second kappa shape index (κ2) is 7.38. The summed E-state index contributed by atoms with van der Waals surface area (Å²) in [6, 6.07) is 0. The number of nitrogens with zero attached hydrogens (tertiary/aromatic N) is 2. The summed E-state index contributed by atoms with van der Waals surface area (Å²) < 4.78 is 7.58. The van der Waals surface area contributed by atoms with Gasteiger partial charge in [-0.25, -0.2) is 4.68 Å². The van der Waals surface area contributed by atoms with Gasteiger partial charge < -0.3 is 20.9 Å². The fourth-order valence-corrected chi connectivity index (χ4v) is 5.93. The Kier molecular flexibility index (Phi) is 5.26. The van der Waals surface area contributed by atoms with Gasteiger partial charge in [0, 0.05) is 17.3 Å². The first-order valence-corrected chi connectivity index (χ1v) is 11.2. The lowest BCUT2D eigenvalue weighted by atomic mass is 9.51. The Balaban J connectivity index is 1.57. The fraction of sp³-hybridized carbons (Fsp3) is 0.739. The zero-order valence-corrected chi connectivity index (χ0v) is 18.6. The minimum atomic E-state index is -0.617. The first-order valence-electron chi connectivity index (χ1n) is 11.2. The average molecular weight is 417 g/mol. The molecule has 4 saturated carbocycles. The molecule has 1 amide bonds. The van der Waals surface area contributed by atoms with Crippen molar-refractivity contribution in [1.29, 1.82) is 0 Å². The van der Waals surface area contributed by atoms with E-state index in [1.165, 1.54) is 6.42 Å². The molecule has 5 rings (SSSR count). The smallest absolute Gasteiger partial charge is 0.258 e. The molecule has 4 N–H and O–H groups in total. The molecule has 2 unspecified atom stereocenters. The molecular weight excluding hydrogens is 380 g/mol. The third-order valence-electron chi connectivity index (χ3n) is 6.60. The molecule has 4 aliphatic rings. The summed E-state index contributed by atoms with van der Waals surface area (Å²) in [6.07, 6.45) is 10.6. The topological polar surface area (TPSA) is 102 Å². The SMILES string of the molecule is CC(C)COc1c(C(=O)NC23CC4CC(CC(O)(C4)C2)C3)cnn1/C=C/C(C)(C)N. The van der Waals surface area contributed by atoms with E-state index >= 15 is 0 Å². The van der Waals surface area contributed by atoms with Crippen molar-refractivity contribution < 1.29 is 14.6 Å². The minimum absolute atomic E-state index is 0.175. The molecule has 0 aromatic carbocycles. The summed E-state index contributed by atoms with van der Waals surface area (Å²) in [5.74, 6) is 1.59. The molecule has 1 heterocycles. The van der Waals surface area contributed by atoms with E-state index in [2.05, 4.69) is 24.3 Å². The van der Waals surface area contributed by atoms with Gasteiger partial charge in [-0.15, -0.1) is 0 Å². The average Bonchev–Trinajstić information content (AvgIpc) is 2.97. The number of amides is 1. The maximum absolute atomic E-state index is 13.3. The van der Waals surface area contributed by atoms with E-state index in [1.807, 2.05) is 19.9 Å². The van der Waals surface area contributed by atoms with E-state index in [0.717, 1.165) is 25.7 Å². The van der Waals surface area contributed by atoms with Crippen LogP contribution in [0.3, 0.4) is 0 Å². The van der Waals surface area contributed by atoms with E-state index in [0.29, 0.717) is 42.2 Å². The van der Waals surface area contributed by atoms with Crippen molar-refractivity contribution in [2.75, 3.05) is 6.61 Å². The first-order chi connectivity index (χ1) is 14.0. The summed E-state index contributed by atoms with van der Waals surface area (Å²) >= 11 is 0. The summed E-state index contributed by atoms with van der Waals surface area (Å²) in [5.41, 5.74) is 5.05. The number of aromatic nitrogens is 2. The van der Waals surface area contributed by atoms with Gasteiger partial charge in [0.15, 0.2) is 0 Å². The highest BCUT2D eigenvalue weighted by molar-refractivity contribution is 5.97. The number of rotatable bonds is 7. The lowest BCUT2D eigenvalue weighted by molar-refractivity contribution is -0.139. The van der Waals surface area contributed by atoms with Crippen LogP contribution in [0, 0.1) is 17.8 Å². The van der Waals surface area contributed by atoms with Gasteiger partial charge in [0.2, 0.25) is 5.88 Å². The molecule has 7 heteroatoms. The van der Waals surface area contributed by atoms with Gasteiger partial charge in [-0.1, -0.05) is 13.8 Å². The molecule has 0 spiro atoms. The van der Waals surface area contributed by atoms with Crippen molar-refractivity contribution >= 4 is 12.1 Å². The van der Waals surface area contributed by atoms with Gasteiger partial charge in [0.05, 0.1) is 18.4 Å². The van der Waals surface area contributed by atoms with Crippen LogP contribution in [0.4, 0.5) is 0 Å². The molecule has 1 aromatic rings. The number of aliphatic hydroxyl groups is 1. The summed E-state index contributed by atoms with van der Waals surface area (Å²) in [6.45, 7) is 8.41. The summed E-state index contributed by atoms with van der Waals surface area (Å²) in [5, 5.41) is 18.7. The highest BCUT2D eigenvalue weighted by Crippen LogP contribution is 2.57. The zero-order valence-electron chi connectivity index (χ0n) is 18.6. The molecule has 4 aliphatic carbocycles. The molecule has 4 bridgehead atoms. The Morgan fingerprint density at radius 3 is 2.63 bits per heavy atom. The number of hydrogen-bond acceptors (Lipinski definition) is 5. The monoisotopic (exact) mass is 416 g/mol. The van der Waals surface area contributed by atoms with Crippen LogP contribution in [0.15, 0.2) is 12.3 Å². The van der Waals surface area contributed by atoms with Crippen molar-refractivity contribution in [2.24, 2.45) is 23.5 Å². The van der Waals surface area contributed by atoms with E-state index in [9.17, 15) is 9.90 Å². The normalized spacial score (nSPS) is 32.9. The van der Waals surface area contributed by atoms with Crippen LogP contribution in [0.1, 0.15) is 76.6 Å². The molecule has 0 aliphatic heterocycles. The van der Waals surface area contributed by atoms with Crippen molar-refractivity contribution in [3.05, 3.63) is 17.8 Å². The van der Waals surface area contributed by atoms with E-state index in [-0.39, 0.29) is 11.4 Å². The van der Waals surface area contributed by atoms with Gasteiger partial charge in [0.1, 0.15) is 5.56 Å². The largest absolute Gasteiger partial charge is 0.477 e. The van der Waals surface area contributed by atoms with Crippen LogP contribution in [0.25, 0.3) is 6.20 Å². The first kappa shape index (κ1) is 21.4. The molecule has 166 valence electrons. The predicted octanol–water partition coefficient (Wildman–Crippen LogP) is 2.94. The van der Waals surface area contributed by atoms with E-state index in [1.54, 1.807) is 17.1 Å². The lowest BCUT2D eigenvalue weighted by Crippen LogP contribution is -2.65. The van der Waals surface area contributed by atoms with Crippen molar-refractivity contribution in [2.45, 2.75) is 82.9 Å². The fourth-order valence-electron chi connectivity index (χ4n) is 5.93. The molecule has 2 atom stereocenters. The van der Waals surface area contributed by atoms with Crippen LogP contribution in [0.5, 0.6) is 5.88 Å². The van der Waals surface area contributed by atoms with Crippen LogP contribution < -0.4 is 15.8 Å². The van der Waals surface area contributed by atoms with Gasteiger partial charge >= 0.3 is 0 Å². The Bertz CT molecular complexity index is 822. The summed E-state index contributed by atoms with van der Waals surface area (Å²) in [7, 11) is 0. The summed E-state index contributed by atoms with van der Waals surface area (Å²) in [4.78, 5) is 13.3. The second-order valence-electron chi connectivity index (χ2n) is 11.1. The molecule has 4 fully saturated rings. The number of ether oxygens (including phenoxy) is 1. The maximum Gasteiger partial charge on any atom is 0.258 e. The molecule has 30 heavy (non-hydrogen) atoms. The Morgan fingerprint density at radius 2 is 2.07 bits per heavy atom. The number of nitrogens with one attached hydrogen (secondary N) is 1. The zero-order chi connectivity index (χ0) is 21.7. The van der Waals surface area contributed by atoms with Crippen molar-refractivity contribution in [3.8, 4) is 5.88 Å². The van der Waals surface area contributed by atoms with Crippen LogP contribution in [0.2, 0.25) is 0 Å². The Morgan fingerprint density at radius 1 is 1.40 bits per heavy atom. The van der Waals surface area contributed by atoms with Crippen LogP contribution in [-0.2, 0) is 0 Å². The van der Waals surface area contributed by atoms with Gasteiger partial charge in [0.25, 0.3) is 5.91 Å². The third-order valence-corrected chi connectivity index (χ3v) is 6.60. The Labute approximate surface area is 179 Å². The molecule has 7 nitrogen and oxygen atoms in total. The quantitative estimate of drug-likeness (QED) is 0.634. The third kappa shape index (κ3) is 4.42. The van der Waals surface area contributed by atoms with Gasteiger partial charge in [-0.3, -0.25) is 4.79 Å².